The Hall–Kier alpha value is 0.980. The summed E-state index contributed by atoms with van der Waals surface area (Å²) in [5.74, 6) is 0. The molecule has 0 amide bonds. The monoisotopic (exact) mass is 432 g/mol. The lowest BCUT2D eigenvalue weighted by atomic mass is 10.5. The number of rotatable bonds is 2. The van der Waals surface area contributed by atoms with E-state index < -0.39 is 0 Å². The molecule has 112 valence electrons. The molecule has 8 heteroatoms. The summed E-state index contributed by atoms with van der Waals surface area (Å²) < 4.78 is 5.65. The Morgan fingerprint density at radius 1 is 0.500 bits per heavy atom. The number of allylic oxidation sites excluding steroid dienone is 2. The van der Waals surface area contributed by atoms with Crippen molar-refractivity contribution in [1.29, 1.82) is 0 Å². The molecule has 4 rings (SSSR count). The van der Waals surface area contributed by atoms with Crippen LogP contribution in [0.3, 0.4) is 0 Å². The summed E-state index contributed by atoms with van der Waals surface area (Å²) in [5, 5.41) is 13.1. The van der Waals surface area contributed by atoms with Gasteiger partial charge in [0.25, 0.3) is 0 Å². The molecule has 0 N–H and O–H groups in total. The Kier molecular flexibility index (Phi) is 5.91. The molecule has 0 saturated heterocycles. The lowest BCUT2D eigenvalue weighted by Crippen LogP contribution is -1.69. The molecule has 0 aromatic carbocycles. The van der Waals surface area contributed by atoms with Crippen molar-refractivity contribution in [3.63, 3.8) is 0 Å². The van der Waals surface area contributed by atoms with Crippen molar-refractivity contribution < 1.29 is 0 Å². The van der Waals surface area contributed by atoms with Crippen LogP contribution in [-0.2, 0) is 0 Å². The molecule has 0 nitrogen and oxygen atoms in total. The molecular formula is C14H8S8. The van der Waals surface area contributed by atoms with Gasteiger partial charge in [-0.2, -0.15) is 0 Å². The fraction of sp³-hybridized carbons (Fsp3) is 0. The Morgan fingerprint density at radius 3 is 1.32 bits per heavy atom. The first-order valence-corrected chi connectivity index (χ1v) is 13.0. The second kappa shape index (κ2) is 7.91. The summed E-state index contributed by atoms with van der Waals surface area (Å²) in [5.41, 5.74) is 0. The Balaban J connectivity index is 1.36. The highest BCUT2D eigenvalue weighted by Gasteiger charge is 2.19. The first-order chi connectivity index (χ1) is 10.9. The van der Waals surface area contributed by atoms with E-state index in [0.717, 1.165) is 0 Å². The summed E-state index contributed by atoms with van der Waals surface area (Å²) in [6, 6.07) is 0. The maximum Gasteiger partial charge on any atom is 0.0700 e. The predicted molar refractivity (Wildman–Crippen MR) is 118 cm³/mol. The fourth-order valence-corrected chi connectivity index (χ4v) is 10.3. The minimum absolute atomic E-state index is 1.33. The highest BCUT2D eigenvalue weighted by atomic mass is 32.2. The summed E-state index contributed by atoms with van der Waals surface area (Å²) >= 11 is 14.8. The van der Waals surface area contributed by atoms with Crippen LogP contribution in [0.5, 0.6) is 0 Å². The quantitative estimate of drug-likeness (QED) is 0.421. The highest BCUT2D eigenvalue weighted by molar-refractivity contribution is 8.34. The molecule has 4 aliphatic rings. The average Bonchev–Trinajstić information content (AvgIpc) is 3.33. The van der Waals surface area contributed by atoms with Gasteiger partial charge in [-0.25, -0.2) is 0 Å². The largest absolute Gasteiger partial charge is 0.0884 e. The van der Waals surface area contributed by atoms with Crippen LogP contribution >= 0.6 is 94.1 Å². The third-order valence-electron chi connectivity index (χ3n) is 2.54. The smallest absolute Gasteiger partial charge is 0.0700 e. The van der Waals surface area contributed by atoms with E-state index >= 15 is 0 Å². The standard InChI is InChI=1S/C14H8S8/c1(9-7-19-13(21-9)11-15-3-4-16-11)2-10-8-20-14(22-10)12-17-5-6-18-12/h1-8H/b2-1-. The Morgan fingerprint density at radius 2 is 0.909 bits per heavy atom. The second-order valence-electron chi connectivity index (χ2n) is 3.98. The molecule has 0 bridgehead atoms. The molecule has 22 heavy (non-hydrogen) atoms. The number of hydrogen-bond acceptors (Lipinski definition) is 8. The molecule has 0 spiro atoms. The van der Waals surface area contributed by atoms with Gasteiger partial charge in [0.1, 0.15) is 0 Å². The maximum absolute atomic E-state index is 2.25. The van der Waals surface area contributed by atoms with Gasteiger partial charge in [0.05, 0.1) is 16.9 Å². The van der Waals surface area contributed by atoms with E-state index in [4.69, 9.17) is 0 Å². The van der Waals surface area contributed by atoms with Gasteiger partial charge >= 0.3 is 0 Å². The van der Waals surface area contributed by atoms with Crippen LogP contribution in [0.1, 0.15) is 0 Å². The molecule has 0 aliphatic carbocycles. The lowest BCUT2D eigenvalue weighted by Gasteiger charge is -2.00. The zero-order chi connectivity index (χ0) is 14.8. The normalized spacial score (nSPS) is 24.4. The van der Waals surface area contributed by atoms with E-state index in [1.165, 1.54) is 26.8 Å². The molecule has 4 aliphatic heterocycles. The zero-order valence-corrected chi connectivity index (χ0v) is 17.4. The van der Waals surface area contributed by atoms with Crippen LogP contribution in [0.15, 0.2) is 71.4 Å². The molecule has 0 unspecified atom stereocenters. The van der Waals surface area contributed by atoms with Crippen molar-refractivity contribution in [1.82, 2.24) is 0 Å². The minimum Gasteiger partial charge on any atom is -0.0884 e. The van der Waals surface area contributed by atoms with Crippen molar-refractivity contribution in [3.05, 3.63) is 71.4 Å². The van der Waals surface area contributed by atoms with Gasteiger partial charge in [-0.05, 0) is 44.6 Å². The highest BCUT2D eigenvalue weighted by Crippen LogP contribution is 2.55. The van der Waals surface area contributed by atoms with Gasteiger partial charge in [-0.1, -0.05) is 94.1 Å². The van der Waals surface area contributed by atoms with Crippen LogP contribution in [-0.4, -0.2) is 0 Å². The summed E-state index contributed by atoms with van der Waals surface area (Å²) in [4.78, 5) is 2.67. The van der Waals surface area contributed by atoms with Gasteiger partial charge in [-0.15, -0.1) is 0 Å². The van der Waals surface area contributed by atoms with Crippen molar-refractivity contribution in [2.45, 2.75) is 0 Å². The first-order valence-electron chi connectivity index (χ1n) is 6.11. The topological polar surface area (TPSA) is 0 Å². The summed E-state index contributed by atoms with van der Waals surface area (Å²) in [6.45, 7) is 0. The van der Waals surface area contributed by atoms with Gasteiger partial charge in [-0.3, -0.25) is 0 Å². The molecule has 4 heterocycles. The molecular weight excluding hydrogens is 425 g/mol. The SMILES string of the molecule is C1=CSC(=C2SC=C(/C=C\C3=CSC(=C4SC=CS4)S3)S2)S1. The molecule has 0 atom stereocenters. The van der Waals surface area contributed by atoms with Crippen molar-refractivity contribution >= 4 is 94.1 Å². The van der Waals surface area contributed by atoms with Crippen LogP contribution < -0.4 is 0 Å². The number of thioether (sulfide) groups is 8. The second-order valence-corrected chi connectivity index (χ2v) is 12.6. The fourth-order valence-electron chi connectivity index (χ4n) is 1.63. The Bertz CT molecular complexity index is 624. The van der Waals surface area contributed by atoms with Crippen LogP contribution in [0, 0.1) is 0 Å². The van der Waals surface area contributed by atoms with Crippen molar-refractivity contribution in [3.8, 4) is 0 Å². The molecule has 0 radical (unpaired) electrons. The molecule has 0 fully saturated rings. The predicted octanol–water partition coefficient (Wildman–Crippen LogP) is 8.34. The van der Waals surface area contributed by atoms with E-state index in [2.05, 4.69) is 44.6 Å². The third kappa shape index (κ3) is 3.96. The zero-order valence-electron chi connectivity index (χ0n) is 10.9. The lowest BCUT2D eigenvalue weighted by molar-refractivity contribution is 1.89. The number of hydrogen-bond donors (Lipinski definition) is 0. The van der Waals surface area contributed by atoms with Crippen LogP contribution in [0.25, 0.3) is 0 Å². The van der Waals surface area contributed by atoms with Gasteiger partial charge in [0.15, 0.2) is 0 Å². The average molecular weight is 433 g/mol. The van der Waals surface area contributed by atoms with E-state index in [1.54, 1.807) is 0 Å². The van der Waals surface area contributed by atoms with Gasteiger partial charge < -0.3 is 0 Å². The minimum atomic E-state index is 1.33. The van der Waals surface area contributed by atoms with Crippen molar-refractivity contribution in [2.75, 3.05) is 0 Å². The van der Waals surface area contributed by atoms with Crippen LogP contribution in [0.4, 0.5) is 0 Å². The maximum atomic E-state index is 2.25. The van der Waals surface area contributed by atoms with Gasteiger partial charge in [0.2, 0.25) is 0 Å². The molecule has 0 aromatic heterocycles. The summed E-state index contributed by atoms with van der Waals surface area (Å²) in [7, 11) is 0. The van der Waals surface area contributed by atoms with E-state index in [1.807, 2.05) is 94.1 Å². The van der Waals surface area contributed by atoms with Gasteiger partial charge in [0, 0.05) is 9.81 Å². The molecule has 0 saturated carbocycles. The molecule has 0 aromatic rings. The van der Waals surface area contributed by atoms with E-state index in [9.17, 15) is 0 Å². The van der Waals surface area contributed by atoms with Crippen LogP contribution in [0.2, 0.25) is 0 Å². The summed E-state index contributed by atoms with van der Waals surface area (Å²) in [6.07, 6.45) is 4.48. The van der Waals surface area contributed by atoms with Crippen molar-refractivity contribution in [2.24, 2.45) is 0 Å². The third-order valence-corrected chi connectivity index (χ3v) is 12.6. The first kappa shape index (κ1) is 16.4. The van der Waals surface area contributed by atoms with E-state index in [0.29, 0.717) is 0 Å². The Labute approximate surface area is 164 Å². The van der Waals surface area contributed by atoms with E-state index in [-0.39, 0.29) is 0 Å².